The van der Waals surface area contributed by atoms with Gasteiger partial charge in [-0.05, 0) is 66.2 Å². The summed E-state index contributed by atoms with van der Waals surface area (Å²) in [5.41, 5.74) is 2.60. The van der Waals surface area contributed by atoms with Gasteiger partial charge in [0.25, 0.3) is 11.5 Å². The number of ether oxygens (including phenoxy) is 2. The highest BCUT2D eigenvalue weighted by Crippen LogP contribution is 2.42. The van der Waals surface area contributed by atoms with Crippen LogP contribution in [0, 0.1) is 6.92 Å². The fourth-order valence-corrected chi connectivity index (χ4v) is 4.85. The van der Waals surface area contributed by atoms with Gasteiger partial charge in [-0.25, -0.2) is 4.98 Å². The van der Waals surface area contributed by atoms with E-state index < -0.39 is 0 Å². The Balaban J connectivity index is 1.65. The molecule has 0 aliphatic carbocycles. The van der Waals surface area contributed by atoms with Gasteiger partial charge in [-0.2, -0.15) is 9.78 Å². The fraction of sp³-hybridized carbons (Fsp3) is 0.241. The normalized spacial score (nSPS) is 11.4. The number of anilines is 1. The first-order valence-electron chi connectivity index (χ1n) is 12.5. The SMILES string of the molecule is CCOc1cc(C=Nn2c(C(C)C)nc3ccc(Br)cc3c2=O)c(Br)c(Cl)c1OCC(=O)Nc1ccc(C)cc1. The van der Waals surface area contributed by atoms with E-state index in [1.807, 2.05) is 58.0 Å². The summed E-state index contributed by atoms with van der Waals surface area (Å²) in [5, 5.41) is 7.92. The molecule has 11 heteroatoms. The minimum Gasteiger partial charge on any atom is -0.490 e. The first-order valence-corrected chi connectivity index (χ1v) is 14.5. The summed E-state index contributed by atoms with van der Waals surface area (Å²) in [4.78, 5) is 30.5. The summed E-state index contributed by atoms with van der Waals surface area (Å²) in [6.45, 7) is 7.74. The molecule has 1 amide bonds. The molecule has 0 spiro atoms. The number of benzene rings is 3. The largest absolute Gasteiger partial charge is 0.490 e. The van der Waals surface area contributed by atoms with E-state index in [1.165, 1.54) is 10.9 Å². The number of fused-ring (bicyclic) bond motifs is 1. The number of nitrogens with zero attached hydrogens (tertiary/aromatic N) is 3. The molecule has 1 N–H and O–H groups in total. The fourth-order valence-electron chi connectivity index (χ4n) is 3.84. The highest BCUT2D eigenvalue weighted by molar-refractivity contribution is 9.10. The average Bonchev–Trinajstić information content (AvgIpc) is 2.92. The van der Waals surface area contributed by atoms with Gasteiger partial charge < -0.3 is 14.8 Å². The molecule has 0 radical (unpaired) electrons. The van der Waals surface area contributed by atoms with E-state index in [-0.39, 0.29) is 34.8 Å². The molecule has 4 aromatic rings. The molecule has 0 bridgehead atoms. The van der Waals surface area contributed by atoms with Gasteiger partial charge in [0.2, 0.25) is 0 Å². The Labute approximate surface area is 253 Å². The van der Waals surface area contributed by atoms with Crippen LogP contribution in [0.4, 0.5) is 5.69 Å². The van der Waals surface area contributed by atoms with E-state index in [9.17, 15) is 9.59 Å². The van der Waals surface area contributed by atoms with Crippen molar-refractivity contribution in [3.05, 3.63) is 89.8 Å². The molecule has 208 valence electrons. The van der Waals surface area contributed by atoms with Crippen molar-refractivity contribution in [2.45, 2.75) is 33.6 Å². The summed E-state index contributed by atoms with van der Waals surface area (Å²) in [5.74, 6) is 0.648. The lowest BCUT2D eigenvalue weighted by Crippen LogP contribution is -2.23. The summed E-state index contributed by atoms with van der Waals surface area (Å²) >= 11 is 13.6. The van der Waals surface area contributed by atoms with Gasteiger partial charge in [0.1, 0.15) is 10.8 Å². The topological polar surface area (TPSA) is 94.8 Å². The third-order valence-corrected chi connectivity index (χ3v) is 7.74. The van der Waals surface area contributed by atoms with E-state index in [2.05, 4.69) is 47.3 Å². The molecule has 8 nitrogen and oxygen atoms in total. The molecular weight excluding hydrogens is 664 g/mol. The van der Waals surface area contributed by atoms with E-state index >= 15 is 0 Å². The Hall–Kier alpha value is -3.21. The zero-order chi connectivity index (χ0) is 29.0. The molecule has 0 unspecified atom stereocenters. The van der Waals surface area contributed by atoms with Crippen LogP contribution in [0.5, 0.6) is 11.5 Å². The Morgan fingerprint density at radius 3 is 2.55 bits per heavy atom. The molecule has 1 aromatic heterocycles. The molecule has 0 aliphatic rings. The van der Waals surface area contributed by atoms with Crippen LogP contribution in [-0.2, 0) is 4.79 Å². The maximum absolute atomic E-state index is 13.4. The van der Waals surface area contributed by atoms with Crippen LogP contribution in [0.1, 0.15) is 43.6 Å². The zero-order valence-corrected chi connectivity index (χ0v) is 26.2. The van der Waals surface area contributed by atoms with Crippen molar-refractivity contribution in [2.75, 3.05) is 18.5 Å². The van der Waals surface area contributed by atoms with Crippen molar-refractivity contribution in [3.63, 3.8) is 0 Å². The summed E-state index contributed by atoms with van der Waals surface area (Å²) in [6, 6.07) is 14.5. The van der Waals surface area contributed by atoms with Crippen molar-refractivity contribution in [1.29, 1.82) is 0 Å². The second-order valence-corrected chi connectivity index (χ2v) is 11.3. The highest BCUT2D eigenvalue weighted by atomic mass is 79.9. The molecule has 40 heavy (non-hydrogen) atoms. The van der Waals surface area contributed by atoms with E-state index in [0.717, 1.165) is 10.0 Å². The lowest BCUT2D eigenvalue weighted by Gasteiger charge is -2.16. The number of carbonyl (C=O) groups is 1. The van der Waals surface area contributed by atoms with Crippen LogP contribution >= 0.6 is 43.5 Å². The lowest BCUT2D eigenvalue weighted by atomic mass is 10.2. The Bertz CT molecular complexity index is 1650. The number of amides is 1. The van der Waals surface area contributed by atoms with Crippen LogP contribution in [0.3, 0.4) is 0 Å². The summed E-state index contributed by atoms with van der Waals surface area (Å²) in [7, 11) is 0. The van der Waals surface area contributed by atoms with Gasteiger partial charge in [-0.3, -0.25) is 9.59 Å². The first-order chi connectivity index (χ1) is 19.1. The third kappa shape index (κ3) is 6.74. The van der Waals surface area contributed by atoms with Crippen molar-refractivity contribution in [1.82, 2.24) is 9.66 Å². The number of hydrogen-bond donors (Lipinski definition) is 1. The predicted molar refractivity (Wildman–Crippen MR) is 166 cm³/mol. The van der Waals surface area contributed by atoms with Gasteiger partial charge in [0.05, 0.1) is 23.7 Å². The molecule has 0 atom stereocenters. The molecule has 1 heterocycles. The zero-order valence-electron chi connectivity index (χ0n) is 22.3. The maximum atomic E-state index is 13.4. The van der Waals surface area contributed by atoms with Crippen LogP contribution in [0.15, 0.2) is 67.4 Å². The number of rotatable bonds is 9. The maximum Gasteiger partial charge on any atom is 0.282 e. The van der Waals surface area contributed by atoms with E-state index in [4.69, 9.17) is 21.1 Å². The van der Waals surface area contributed by atoms with Gasteiger partial charge in [-0.15, -0.1) is 0 Å². The summed E-state index contributed by atoms with van der Waals surface area (Å²) < 4.78 is 14.1. The molecule has 0 saturated carbocycles. The van der Waals surface area contributed by atoms with Gasteiger partial charge in [0.15, 0.2) is 18.1 Å². The second kappa shape index (κ2) is 13.0. The van der Waals surface area contributed by atoms with Crippen molar-refractivity contribution in [2.24, 2.45) is 5.10 Å². The monoisotopic (exact) mass is 688 g/mol. The number of aromatic nitrogens is 2. The number of nitrogens with one attached hydrogen (secondary N) is 1. The lowest BCUT2D eigenvalue weighted by molar-refractivity contribution is -0.118. The Morgan fingerprint density at radius 1 is 1.15 bits per heavy atom. The molecule has 0 aliphatic heterocycles. The van der Waals surface area contributed by atoms with Crippen LogP contribution < -0.4 is 20.3 Å². The first kappa shape index (κ1) is 29.8. The van der Waals surface area contributed by atoms with Gasteiger partial charge in [0, 0.05) is 26.1 Å². The highest BCUT2D eigenvalue weighted by Gasteiger charge is 2.19. The van der Waals surface area contributed by atoms with Gasteiger partial charge >= 0.3 is 0 Å². The molecular formula is C29H27Br2ClN4O4. The van der Waals surface area contributed by atoms with E-state index in [1.54, 1.807) is 18.2 Å². The number of hydrogen-bond acceptors (Lipinski definition) is 6. The number of halogens is 3. The Morgan fingerprint density at radius 2 is 1.88 bits per heavy atom. The molecule has 0 saturated heterocycles. The standard InChI is InChI=1S/C29H27Br2ClN4O4/c1-5-39-23-12-18(14-33-36-28(16(2)3)35-22-11-8-19(30)13-21(22)29(36)38)25(31)26(32)27(23)40-15-24(37)34-20-9-6-17(4)7-10-20/h6-14,16H,5,15H2,1-4H3,(H,34,37). The van der Waals surface area contributed by atoms with Crippen molar-refractivity contribution in [3.8, 4) is 11.5 Å². The molecule has 0 fully saturated rings. The van der Waals surface area contributed by atoms with E-state index in [0.29, 0.717) is 44.8 Å². The Kier molecular flexibility index (Phi) is 9.65. The van der Waals surface area contributed by atoms with Gasteiger partial charge in [-0.1, -0.05) is 59.1 Å². The summed E-state index contributed by atoms with van der Waals surface area (Å²) in [6.07, 6.45) is 1.51. The van der Waals surface area contributed by atoms with Crippen LogP contribution in [0.2, 0.25) is 5.02 Å². The third-order valence-electron chi connectivity index (χ3n) is 5.80. The second-order valence-electron chi connectivity index (χ2n) is 9.20. The van der Waals surface area contributed by atoms with Crippen molar-refractivity contribution < 1.29 is 14.3 Å². The minimum absolute atomic E-state index is 0.0641. The number of aryl methyl sites for hydroxylation is 1. The molecule has 3 aromatic carbocycles. The smallest absolute Gasteiger partial charge is 0.282 e. The van der Waals surface area contributed by atoms with Crippen LogP contribution in [0.25, 0.3) is 10.9 Å². The minimum atomic E-state index is -0.347. The average molecular weight is 691 g/mol. The number of carbonyl (C=O) groups excluding carboxylic acids is 1. The molecule has 4 rings (SSSR count). The van der Waals surface area contributed by atoms with Crippen LogP contribution in [-0.4, -0.2) is 35.0 Å². The quantitative estimate of drug-likeness (QED) is 0.186. The van der Waals surface area contributed by atoms with Crippen molar-refractivity contribution >= 4 is 72.2 Å². The predicted octanol–water partition coefficient (Wildman–Crippen LogP) is 7.31.